The van der Waals surface area contributed by atoms with E-state index < -0.39 is 0 Å². The molecule has 0 saturated carbocycles. The normalized spacial score (nSPS) is 14.4. The molecule has 0 amide bonds. The third-order valence-electron chi connectivity index (χ3n) is 3.60. The van der Waals surface area contributed by atoms with Crippen molar-refractivity contribution in [1.82, 2.24) is 0 Å². The van der Waals surface area contributed by atoms with Crippen LogP contribution in [-0.4, -0.2) is 7.11 Å². The van der Waals surface area contributed by atoms with E-state index in [1.54, 1.807) is 7.11 Å². The summed E-state index contributed by atoms with van der Waals surface area (Å²) in [6.45, 7) is 0. The van der Waals surface area contributed by atoms with Gasteiger partial charge in [0.25, 0.3) is 0 Å². The van der Waals surface area contributed by atoms with E-state index in [2.05, 4.69) is 36.8 Å². The number of hydrogen-bond donors (Lipinski definition) is 0. The van der Waals surface area contributed by atoms with Gasteiger partial charge in [-0.1, -0.05) is 54.1 Å². The molecule has 0 aromatic heterocycles. The molecule has 0 aliphatic heterocycles. The molecule has 0 spiro atoms. The quantitative estimate of drug-likeness (QED) is 0.734. The molecule has 0 N–H and O–H groups in total. The molecule has 2 aromatic rings. The Balaban J connectivity index is 2.11. The van der Waals surface area contributed by atoms with Crippen LogP contribution in [0.3, 0.4) is 0 Å². The van der Waals surface area contributed by atoms with Gasteiger partial charge >= 0.3 is 0 Å². The average Bonchev–Trinajstić information content (AvgIpc) is 2.55. The predicted molar refractivity (Wildman–Crippen MR) is 89.3 cm³/mol. The summed E-state index contributed by atoms with van der Waals surface area (Å²) in [6, 6.07) is 16.1. The van der Waals surface area contributed by atoms with Crippen molar-refractivity contribution in [3.63, 3.8) is 0 Å². The van der Waals surface area contributed by atoms with Gasteiger partial charge < -0.3 is 4.74 Å². The van der Waals surface area contributed by atoms with E-state index >= 15 is 0 Å². The molecule has 0 bridgehead atoms. The minimum absolute atomic E-state index is 0.776. The summed E-state index contributed by atoms with van der Waals surface area (Å²) in [7, 11) is 1.68. The van der Waals surface area contributed by atoms with Gasteiger partial charge in [-0.2, -0.15) is 0 Å². The smallest absolute Gasteiger partial charge is 0.118 e. The van der Waals surface area contributed by atoms with Crippen LogP contribution in [0.1, 0.15) is 17.5 Å². The molecule has 0 atom stereocenters. The van der Waals surface area contributed by atoms with Gasteiger partial charge in [0.15, 0.2) is 0 Å². The summed E-state index contributed by atoms with van der Waals surface area (Å²) in [4.78, 5) is 0. The largest absolute Gasteiger partial charge is 0.497 e. The van der Waals surface area contributed by atoms with Crippen LogP contribution in [0.15, 0.2) is 60.7 Å². The Morgan fingerprint density at radius 3 is 2.43 bits per heavy atom. The Bertz CT molecular complexity index is 696. The Labute approximate surface area is 130 Å². The van der Waals surface area contributed by atoms with Gasteiger partial charge in [0.05, 0.1) is 7.11 Å². The Hall–Kier alpha value is -1.99. The van der Waals surface area contributed by atoms with Crippen LogP contribution in [0.5, 0.6) is 5.75 Å². The first-order chi connectivity index (χ1) is 10.3. The van der Waals surface area contributed by atoms with Crippen LogP contribution in [0, 0.1) is 6.42 Å². The molecule has 2 aromatic carbocycles. The molecule has 2 heteroatoms. The van der Waals surface area contributed by atoms with E-state index in [-0.39, 0.29) is 0 Å². The number of rotatable bonds is 3. The van der Waals surface area contributed by atoms with Crippen molar-refractivity contribution in [3.8, 4) is 5.75 Å². The van der Waals surface area contributed by atoms with E-state index in [9.17, 15) is 0 Å². The van der Waals surface area contributed by atoms with Crippen LogP contribution < -0.4 is 4.74 Å². The highest BCUT2D eigenvalue weighted by atomic mass is 35.5. The first-order valence-corrected chi connectivity index (χ1v) is 7.31. The number of allylic oxidation sites excluding steroid dienone is 4. The lowest BCUT2D eigenvalue weighted by Crippen LogP contribution is -1.96. The third-order valence-corrected chi connectivity index (χ3v) is 3.93. The minimum Gasteiger partial charge on any atom is -0.497 e. The number of benzene rings is 2. The predicted octanol–water partition coefficient (Wildman–Crippen LogP) is 5.42. The zero-order valence-corrected chi connectivity index (χ0v) is 12.6. The van der Waals surface area contributed by atoms with Crippen LogP contribution >= 0.6 is 11.6 Å². The maximum Gasteiger partial charge on any atom is 0.118 e. The van der Waals surface area contributed by atoms with Crippen molar-refractivity contribution in [1.29, 1.82) is 0 Å². The van der Waals surface area contributed by atoms with Crippen molar-refractivity contribution in [2.75, 3.05) is 7.11 Å². The monoisotopic (exact) mass is 295 g/mol. The Morgan fingerprint density at radius 2 is 1.71 bits per heavy atom. The summed E-state index contributed by atoms with van der Waals surface area (Å²) >= 11 is 6.36. The Morgan fingerprint density at radius 1 is 0.952 bits per heavy atom. The average molecular weight is 296 g/mol. The second-order valence-corrected chi connectivity index (χ2v) is 5.29. The highest BCUT2D eigenvalue weighted by Crippen LogP contribution is 2.36. The molecule has 1 aliphatic rings. The van der Waals surface area contributed by atoms with E-state index in [0.717, 1.165) is 28.3 Å². The zero-order chi connectivity index (χ0) is 14.7. The van der Waals surface area contributed by atoms with E-state index in [1.165, 1.54) is 11.1 Å². The summed E-state index contributed by atoms with van der Waals surface area (Å²) in [5.74, 6) is 0.866. The van der Waals surface area contributed by atoms with Gasteiger partial charge in [0.1, 0.15) is 5.75 Å². The molecule has 0 heterocycles. The van der Waals surface area contributed by atoms with Gasteiger partial charge in [0, 0.05) is 10.6 Å². The summed E-state index contributed by atoms with van der Waals surface area (Å²) in [5.41, 5.74) is 4.62. The number of methoxy groups -OCH3 is 1. The van der Waals surface area contributed by atoms with E-state index in [1.807, 2.05) is 30.3 Å². The zero-order valence-electron chi connectivity index (χ0n) is 11.8. The molecule has 1 radical (unpaired) electrons. The Kier molecular flexibility index (Phi) is 4.12. The lowest BCUT2D eigenvalue weighted by atomic mass is 9.88. The lowest BCUT2D eigenvalue weighted by Gasteiger charge is -2.17. The van der Waals surface area contributed by atoms with Crippen molar-refractivity contribution >= 4 is 22.7 Å². The van der Waals surface area contributed by atoms with Crippen LogP contribution in [-0.2, 0) is 0 Å². The summed E-state index contributed by atoms with van der Waals surface area (Å²) in [6.07, 6.45) is 7.49. The van der Waals surface area contributed by atoms with Crippen molar-refractivity contribution in [2.45, 2.75) is 6.42 Å². The highest BCUT2D eigenvalue weighted by molar-refractivity contribution is 6.33. The first-order valence-electron chi connectivity index (χ1n) is 6.93. The highest BCUT2D eigenvalue weighted by Gasteiger charge is 2.14. The fourth-order valence-electron chi connectivity index (χ4n) is 2.53. The molecule has 1 nitrogen and oxygen atoms in total. The molecule has 0 unspecified atom stereocenters. The SMILES string of the molecule is COc1ccc(C2=C(c3ccccc3Cl)C=CC[CH]2)cc1. The fraction of sp³-hybridized carbons (Fsp3) is 0.105. The second kappa shape index (κ2) is 6.19. The van der Waals surface area contributed by atoms with Gasteiger partial charge in [-0.25, -0.2) is 0 Å². The maximum absolute atomic E-state index is 6.36. The molecule has 0 fully saturated rings. The number of ether oxygens (including phenoxy) is 1. The van der Waals surface area contributed by atoms with E-state index in [4.69, 9.17) is 16.3 Å². The number of hydrogen-bond acceptors (Lipinski definition) is 1. The van der Waals surface area contributed by atoms with Gasteiger partial charge in [-0.05, 0) is 47.8 Å². The molecule has 1 aliphatic carbocycles. The van der Waals surface area contributed by atoms with Gasteiger partial charge in [0.2, 0.25) is 0 Å². The summed E-state index contributed by atoms with van der Waals surface area (Å²) in [5, 5.41) is 0.776. The topological polar surface area (TPSA) is 9.23 Å². The number of halogens is 1. The molecular weight excluding hydrogens is 280 g/mol. The standard InChI is InChI=1S/C19H16ClO/c1-21-15-12-10-14(11-13-15)16-6-2-3-7-17(16)18-8-4-5-9-19(18)20/h3-13H,2H2,1H3. The van der Waals surface area contributed by atoms with Crippen molar-refractivity contribution < 1.29 is 4.74 Å². The van der Waals surface area contributed by atoms with Crippen LogP contribution in [0.4, 0.5) is 0 Å². The molecular formula is C19H16ClO. The van der Waals surface area contributed by atoms with Crippen molar-refractivity contribution in [3.05, 3.63) is 83.3 Å². The second-order valence-electron chi connectivity index (χ2n) is 4.88. The van der Waals surface area contributed by atoms with Crippen molar-refractivity contribution in [2.24, 2.45) is 0 Å². The van der Waals surface area contributed by atoms with Gasteiger partial charge in [-0.3, -0.25) is 0 Å². The molecule has 0 saturated heterocycles. The molecule has 105 valence electrons. The molecule has 3 rings (SSSR count). The minimum atomic E-state index is 0.776. The van der Waals surface area contributed by atoms with Crippen LogP contribution in [0.25, 0.3) is 11.1 Å². The van der Waals surface area contributed by atoms with Gasteiger partial charge in [-0.15, -0.1) is 0 Å². The summed E-state index contributed by atoms with van der Waals surface area (Å²) < 4.78 is 5.23. The first kappa shape index (κ1) is 14.0. The van der Waals surface area contributed by atoms with E-state index in [0.29, 0.717) is 0 Å². The third kappa shape index (κ3) is 2.88. The van der Waals surface area contributed by atoms with Crippen LogP contribution in [0.2, 0.25) is 5.02 Å². The molecule has 21 heavy (non-hydrogen) atoms. The fourth-order valence-corrected chi connectivity index (χ4v) is 2.77. The maximum atomic E-state index is 6.36. The lowest BCUT2D eigenvalue weighted by molar-refractivity contribution is 0.415.